The second-order valence-corrected chi connectivity index (χ2v) is 4.57. The van der Waals surface area contributed by atoms with E-state index < -0.39 is 5.97 Å². The molecular weight excluding hydrogens is 258 g/mol. The molecule has 6 heteroatoms. The Kier molecular flexibility index (Phi) is 3.84. The topological polar surface area (TPSA) is 75.4 Å². The van der Waals surface area contributed by atoms with E-state index in [1.54, 1.807) is 50.8 Å². The largest absolute Gasteiger partial charge is 0.478 e. The second-order valence-electron chi connectivity index (χ2n) is 4.57. The van der Waals surface area contributed by atoms with Crippen LogP contribution in [0.1, 0.15) is 10.4 Å². The monoisotopic (exact) mass is 273 g/mol. The molecule has 0 unspecified atom stereocenters. The lowest BCUT2D eigenvalue weighted by Gasteiger charge is -2.09. The highest BCUT2D eigenvalue weighted by atomic mass is 16.4. The van der Waals surface area contributed by atoms with E-state index in [4.69, 9.17) is 5.11 Å². The van der Waals surface area contributed by atoms with Crippen LogP contribution >= 0.6 is 0 Å². The van der Waals surface area contributed by atoms with E-state index in [0.717, 1.165) is 0 Å². The smallest absolute Gasteiger partial charge is 0.336 e. The van der Waals surface area contributed by atoms with Gasteiger partial charge in [0.25, 0.3) is 0 Å². The Balaban J connectivity index is 2.30. The predicted molar refractivity (Wildman–Crippen MR) is 73.3 cm³/mol. The van der Waals surface area contributed by atoms with Crippen LogP contribution in [-0.2, 0) is 11.3 Å². The van der Waals surface area contributed by atoms with Crippen LogP contribution in [0.25, 0.3) is 11.1 Å². The number of hydrogen-bond donors (Lipinski definition) is 1. The first kappa shape index (κ1) is 13.8. The van der Waals surface area contributed by atoms with Crippen molar-refractivity contribution in [3.8, 4) is 11.1 Å². The van der Waals surface area contributed by atoms with Crippen LogP contribution < -0.4 is 0 Å². The number of likely N-dealkylation sites (N-methyl/N-ethyl adjacent to an activating group) is 1. The minimum atomic E-state index is -0.988. The van der Waals surface area contributed by atoms with Crippen LogP contribution in [0.3, 0.4) is 0 Å². The molecule has 2 aromatic rings. The van der Waals surface area contributed by atoms with E-state index in [1.807, 2.05) is 0 Å². The van der Waals surface area contributed by atoms with Gasteiger partial charge in [-0.05, 0) is 11.6 Å². The van der Waals surface area contributed by atoms with Crippen molar-refractivity contribution in [2.24, 2.45) is 0 Å². The van der Waals surface area contributed by atoms with Crippen LogP contribution in [0.15, 0.2) is 36.7 Å². The fourth-order valence-corrected chi connectivity index (χ4v) is 1.79. The Bertz CT molecular complexity index is 647. The lowest BCUT2D eigenvalue weighted by atomic mass is 10.0. The van der Waals surface area contributed by atoms with E-state index in [0.29, 0.717) is 11.1 Å². The Morgan fingerprint density at radius 1 is 1.30 bits per heavy atom. The van der Waals surface area contributed by atoms with Gasteiger partial charge >= 0.3 is 5.97 Å². The molecule has 0 saturated heterocycles. The molecular formula is C14H15N3O3. The first-order chi connectivity index (χ1) is 9.49. The maximum atomic E-state index is 11.6. The average Bonchev–Trinajstić information content (AvgIpc) is 2.87. The summed E-state index contributed by atoms with van der Waals surface area (Å²) in [6.45, 7) is 0.127. The number of nitrogens with zero attached hydrogens (tertiary/aromatic N) is 3. The molecule has 1 aromatic carbocycles. The highest BCUT2D eigenvalue weighted by molar-refractivity contribution is 5.95. The van der Waals surface area contributed by atoms with Crippen molar-refractivity contribution < 1.29 is 14.7 Å². The first-order valence-corrected chi connectivity index (χ1v) is 6.04. The van der Waals surface area contributed by atoms with Gasteiger partial charge in [0.05, 0.1) is 11.8 Å². The highest BCUT2D eigenvalue weighted by Crippen LogP contribution is 2.23. The van der Waals surface area contributed by atoms with E-state index in [2.05, 4.69) is 5.10 Å². The predicted octanol–water partition coefficient (Wildman–Crippen LogP) is 1.34. The lowest BCUT2D eigenvalue weighted by molar-refractivity contribution is -0.129. The molecule has 0 spiro atoms. The summed E-state index contributed by atoms with van der Waals surface area (Å²) in [7, 11) is 3.35. The third-order valence-electron chi connectivity index (χ3n) is 2.90. The molecule has 0 aliphatic heterocycles. The third kappa shape index (κ3) is 2.85. The molecule has 1 amide bonds. The number of carboxylic acid groups (broad SMARTS) is 1. The lowest BCUT2D eigenvalue weighted by Crippen LogP contribution is -2.26. The van der Waals surface area contributed by atoms with E-state index in [1.165, 1.54) is 9.58 Å². The van der Waals surface area contributed by atoms with Gasteiger partial charge in [-0.15, -0.1) is 0 Å². The fraction of sp³-hybridized carbons (Fsp3) is 0.214. The molecule has 0 radical (unpaired) electrons. The number of amides is 1. The SMILES string of the molecule is CN(C)C(=O)Cn1cc(-c2ccccc2C(=O)O)cn1. The number of carbonyl (C=O) groups is 2. The van der Waals surface area contributed by atoms with Crippen molar-refractivity contribution in [2.45, 2.75) is 6.54 Å². The summed E-state index contributed by atoms with van der Waals surface area (Å²) < 4.78 is 1.50. The zero-order valence-electron chi connectivity index (χ0n) is 11.3. The van der Waals surface area contributed by atoms with Crippen LogP contribution in [-0.4, -0.2) is 45.8 Å². The van der Waals surface area contributed by atoms with Crippen molar-refractivity contribution in [2.75, 3.05) is 14.1 Å². The van der Waals surface area contributed by atoms with Crippen molar-refractivity contribution in [3.05, 3.63) is 42.2 Å². The summed E-state index contributed by atoms with van der Waals surface area (Å²) in [6, 6.07) is 6.70. The molecule has 0 aliphatic rings. The normalized spacial score (nSPS) is 10.3. The number of aromatic carboxylic acids is 1. The molecule has 1 aromatic heterocycles. The standard InChI is InChI=1S/C14H15N3O3/c1-16(2)13(18)9-17-8-10(7-15-17)11-5-3-4-6-12(11)14(19)20/h3-8H,9H2,1-2H3,(H,19,20). The molecule has 2 rings (SSSR count). The zero-order chi connectivity index (χ0) is 14.7. The Morgan fingerprint density at radius 2 is 2.00 bits per heavy atom. The van der Waals surface area contributed by atoms with Gasteiger partial charge < -0.3 is 10.0 Å². The second kappa shape index (κ2) is 5.56. The summed E-state index contributed by atoms with van der Waals surface area (Å²) >= 11 is 0. The number of benzene rings is 1. The number of rotatable bonds is 4. The molecule has 0 fully saturated rings. The molecule has 6 nitrogen and oxygen atoms in total. The van der Waals surface area contributed by atoms with Gasteiger partial charge in [-0.3, -0.25) is 9.48 Å². The Labute approximate surface area is 116 Å². The van der Waals surface area contributed by atoms with Crippen LogP contribution in [0.4, 0.5) is 0 Å². The summed E-state index contributed by atoms with van der Waals surface area (Å²) in [5.74, 6) is -1.07. The Morgan fingerprint density at radius 3 is 2.65 bits per heavy atom. The van der Waals surface area contributed by atoms with Gasteiger partial charge in [0.1, 0.15) is 6.54 Å². The molecule has 104 valence electrons. The van der Waals surface area contributed by atoms with Crippen LogP contribution in [0, 0.1) is 0 Å². The van der Waals surface area contributed by atoms with Crippen molar-refractivity contribution in [1.82, 2.24) is 14.7 Å². The summed E-state index contributed by atoms with van der Waals surface area (Å²) in [5, 5.41) is 13.3. The third-order valence-corrected chi connectivity index (χ3v) is 2.90. The van der Waals surface area contributed by atoms with Gasteiger partial charge in [-0.25, -0.2) is 4.79 Å². The molecule has 0 aliphatic carbocycles. The van der Waals surface area contributed by atoms with Crippen LogP contribution in [0.2, 0.25) is 0 Å². The Hall–Kier alpha value is -2.63. The summed E-state index contributed by atoms with van der Waals surface area (Å²) in [5.41, 5.74) is 1.48. The quantitative estimate of drug-likeness (QED) is 0.912. The van der Waals surface area contributed by atoms with E-state index in [9.17, 15) is 9.59 Å². The highest BCUT2D eigenvalue weighted by Gasteiger charge is 2.13. The zero-order valence-corrected chi connectivity index (χ0v) is 11.3. The molecule has 0 atom stereocenters. The number of aromatic nitrogens is 2. The average molecular weight is 273 g/mol. The molecule has 0 bridgehead atoms. The molecule has 1 heterocycles. The summed E-state index contributed by atoms with van der Waals surface area (Å²) in [6.07, 6.45) is 3.23. The van der Waals surface area contributed by atoms with Crippen molar-refractivity contribution in [3.63, 3.8) is 0 Å². The minimum absolute atomic E-state index is 0.0776. The van der Waals surface area contributed by atoms with Gasteiger partial charge in [0.2, 0.25) is 5.91 Å². The van der Waals surface area contributed by atoms with Gasteiger partial charge in [0.15, 0.2) is 0 Å². The van der Waals surface area contributed by atoms with Crippen molar-refractivity contribution in [1.29, 1.82) is 0 Å². The minimum Gasteiger partial charge on any atom is -0.478 e. The van der Waals surface area contributed by atoms with Crippen LogP contribution in [0.5, 0.6) is 0 Å². The summed E-state index contributed by atoms with van der Waals surface area (Å²) in [4.78, 5) is 24.3. The number of hydrogen-bond acceptors (Lipinski definition) is 3. The van der Waals surface area contributed by atoms with Crippen molar-refractivity contribution >= 4 is 11.9 Å². The number of carbonyl (C=O) groups excluding carboxylic acids is 1. The number of carboxylic acids is 1. The van der Waals surface area contributed by atoms with E-state index in [-0.39, 0.29) is 18.0 Å². The van der Waals surface area contributed by atoms with Gasteiger partial charge in [0, 0.05) is 25.9 Å². The maximum absolute atomic E-state index is 11.6. The maximum Gasteiger partial charge on any atom is 0.336 e. The first-order valence-electron chi connectivity index (χ1n) is 6.04. The fourth-order valence-electron chi connectivity index (χ4n) is 1.79. The van der Waals surface area contributed by atoms with Gasteiger partial charge in [-0.2, -0.15) is 5.10 Å². The molecule has 20 heavy (non-hydrogen) atoms. The van der Waals surface area contributed by atoms with E-state index >= 15 is 0 Å². The molecule has 1 N–H and O–H groups in total. The molecule has 0 saturated carbocycles. The van der Waals surface area contributed by atoms with Gasteiger partial charge in [-0.1, -0.05) is 18.2 Å².